The van der Waals surface area contributed by atoms with Crippen molar-refractivity contribution in [1.29, 1.82) is 0 Å². The molecule has 5 heteroatoms. The lowest BCUT2D eigenvalue weighted by Gasteiger charge is -2.36. The van der Waals surface area contributed by atoms with E-state index in [9.17, 15) is 0 Å². The highest BCUT2D eigenvalue weighted by molar-refractivity contribution is 7.80. The largest absolute Gasteiger partial charge is 0.496 e. The molecule has 0 amide bonds. The predicted molar refractivity (Wildman–Crippen MR) is 88.7 cm³/mol. The van der Waals surface area contributed by atoms with Crippen LogP contribution in [0.5, 0.6) is 5.75 Å². The fourth-order valence-electron chi connectivity index (χ4n) is 2.84. The van der Waals surface area contributed by atoms with Gasteiger partial charge in [0.15, 0.2) is 0 Å². The average Bonchev–Trinajstić information content (AvgIpc) is 2.48. The molecule has 1 aliphatic heterocycles. The van der Waals surface area contributed by atoms with E-state index in [-0.39, 0.29) is 0 Å². The number of rotatable bonds is 5. The zero-order chi connectivity index (χ0) is 15.4. The number of ether oxygens (including phenoxy) is 2. The number of benzene rings is 1. The SMILES string of the molecule is COc1cc(CN2CCC(C)C(OC)C2)ccc1C(N)=S. The molecule has 2 N–H and O–H groups in total. The molecular weight excluding hydrogens is 284 g/mol. The summed E-state index contributed by atoms with van der Waals surface area (Å²) in [6.45, 7) is 5.21. The number of piperidine rings is 1. The van der Waals surface area contributed by atoms with E-state index in [0.29, 0.717) is 17.0 Å². The van der Waals surface area contributed by atoms with Crippen LogP contribution in [0.4, 0.5) is 0 Å². The summed E-state index contributed by atoms with van der Waals surface area (Å²) in [5.41, 5.74) is 7.70. The highest BCUT2D eigenvalue weighted by atomic mass is 32.1. The van der Waals surface area contributed by atoms with Crippen LogP contribution in [0.3, 0.4) is 0 Å². The Morgan fingerprint density at radius 3 is 2.81 bits per heavy atom. The second kappa shape index (κ2) is 7.20. The molecule has 0 radical (unpaired) electrons. The van der Waals surface area contributed by atoms with Crippen LogP contribution in [0.25, 0.3) is 0 Å². The molecule has 1 aromatic carbocycles. The quantitative estimate of drug-likeness (QED) is 0.845. The van der Waals surface area contributed by atoms with Crippen molar-refractivity contribution in [1.82, 2.24) is 4.90 Å². The molecule has 0 spiro atoms. The number of hydrogen-bond acceptors (Lipinski definition) is 4. The van der Waals surface area contributed by atoms with Crippen molar-refractivity contribution in [3.05, 3.63) is 29.3 Å². The van der Waals surface area contributed by atoms with Gasteiger partial charge < -0.3 is 15.2 Å². The topological polar surface area (TPSA) is 47.7 Å². The zero-order valence-electron chi connectivity index (χ0n) is 13.0. The van der Waals surface area contributed by atoms with Crippen LogP contribution < -0.4 is 10.5 Å². The van der Waals surface area contributed by atoms with Crippen LogP contribution >= 0.6 is 12.2 Å². The minimum absolute atomic E-state index is 0.316. The van der Waals surface area contributed by atoms with Gasteiger partial charge in [-0.05, 0) is 36.6 Å². The third-order valence-corrected chi connectivity index (χ3v) is 4.43. The van der Waals surface area contributed by atoms with Gasteiger partial charge in [0.2, 0.25) is 0 Å². The van der Waals surface area contributed by atoms with Crippen molar-refractivity contribution in [2.24, 2.45) is 11.7 Å². The number of methoxy groups -OCH3 is 2. The van der Waals surface area contributed by atoms with E-state index in [4.69, 9.17) is 27.4 Å². The van der Waals surface area contributed by atoms with Crippen molar-refractivity contribution in [2.75, 3.05) is 27.3 Å². The molecule has 2 rings (SSSR count). The summed E-state index contributed by atoms with van der Waals surface area (Å²) in [6.07, 6.45) is 1.48. The molecule has 4 nitrogen and oxygen atoms in total. The van der Waals surface area contributed by atoms with Gasteiger partial charge in [-0.3, -0.25) is 4.90 Å². The second-order valence-electron chi connectivity index (χ2n) is 5.67. The fraction of sp³-hybridized carbons (Fsp3) is 0.562. The Morgan fingerprint density at radius 2 is 2.19 bits per heavy atom. The smallest absolute Gasteiger partial charge is 0.129 e. The molecule has 1 aromatic rings. The lowest BCUT2D eigenvalue weighted by molar-refractivity contribution is -0.00746. The molecule has 0 saturated carbocycles. The Balaban J connectivity index is 2.08. The van der Waals surface area contributed by atoms with Gasteiger partial charge >= 0.3 is 0 Å². The Labute approximate surface area is 132 Å². The maximum atomic E-state index is 5.70. The van der Waals surface area contributed by atoms with Gasteiger partial charge in [0.05, 0.1) is 18.8 Å². The highest BCUT2D eigenvalue weighted by Crippen LogP contribution is 2.24. The number of nitrogens with two attached hydrogens (primary N) is 1. The summed E-state index contributed by atoms with van der Waals surface area (Å²) in [5, 5.41) is 0. The monoisotopic (exact) mass is 308 g/mol. The summed E-state index contributed by atoms with van der Waals surface area (Å²) in [5.74, 6) is 1.37. The van der Waals surface area contributed by atoms with E-state index in [2.05, 4.69) is 17.9 Å². The molecule has 1 fully saturated rings. The number of likely N-dealkylation sites (tertiary alicyclic amines) is 1. The van der Waals surface area contributed by atoms with E-state index in [1.807, 2.05) is 12.1 Å². The molecule has 1 aliphatic rings. The third kappa shape index (κ3) is 3.93. The first-order chi connectivity index (χ1) is 10.0. The molecule has 0 aromatic heterocycles. The van der Waals surface area contributed by atoms with Gasteiger partial charge in [0.25, 0.3) is 0 Å². The van der Waals surface area contributed by atoms with E-state index in [0.717, 1.165) is 30.9 Å². The number of nitrogens with zero attached hydrogens (tertiary/aromatic N) is 1. The third-order valence-electron chi connectivity index (χ3n) is 4.21. The summed E-state index contributed by atoms with van der Waals surface area (Å²) in [4.78, 5) is 2.79. The second-order valence-corrected chi connectivity index (χ2v) is 6.11. The van der Waals surface area contributed by atoms with E-state index >= 15 is 0 Å². The van der Waals surface area contributed by atoms with Crippen molar-refractivity contribution in [2.45, 2.75) is 26.0 Å². The summed E-state index contributed by atoms with van der Waals surface area (Å²) in [7, 11) is 3.44. The van der Waals surface area contributed by atoms with E-state index in [1.165, 1.54) is 12.0 Å². The van der Waals surface area contributed by atoms with Gasteiger partial charge in [0, 0.05) is 20.2 Å². The molecule has 116 valence electrons. The van der Waals surface area contributed by atoms with E-state index < -0.39 is 0 Å². The Morgan fingerprint density at radius 1 is 1.43 bits per heavy atom. The van der Waals surface area contributed by atoms with Crippen LogP contribution in [-0.2, 0) is 11.3 Å². The minimum Gasteiger partial charge on any atom is -0.496 e. The van der Waals surface area contributed by atoms with Crippen molar-refractivity contribution in [3.63, 3.8) is 0 Å². The van der Waals surface area contributed by atoms with Crippen molar-refractivity contribution < 1.29 is 9.47 Å². The van der Waals surface area contributed by atoms with Gasteiger partial charge in [-0.15, -0.1) is 0 Å². The first-order valence-corrected chi connectivity index (χ1v) is 7.67. The Kier molecular flexibility index (Phi) is 5.56. The van der Waals surface area contributed by atoms with Crippen molar-refractivity contribution in [3.8, 4) is 5.75 Å². The van der Waals surface area contributed by atoms with Crippen LogP contribution in [-0.4, -0.2) is 43.3 Å². The van der Waals surface area contributed by atoms with Gasteiger partial charge in [-0.1, -0.05) is 25.2 Å². The molecule has 0 aliphatic carbocycles. The van der Waals surface area contributed by atoms with Crippen LogP contribution in [0.2, 0.25) is 0 Å². The summed E-state index contributed by atoms with van der Waals surface area (Å²) in [6, 6.07) is 6.03. The summed E-state index contributed by atoms with van der Waals surface area (Å²) >= 11 is 5.04. The maximum absolute atomic E-state index is 5.70. The molecular formula is C16H24N2O2S. The van der Waals surface area contributed by atoms with E-state index in [1.54, 1.807) is 14.2 Å². The zero-order valence-corrected chi connectivity index (χ0v) is 13.8. The van der Waals surface area contributed by atoms with Crippen molar-refractivity contribution >= 4 is 17.2 Å². The number of thiocarbonyl (C=S) groups is 1. The normalized spacial score (nSPS) is 23.0. The van der Waals surface area contributed by atoms with Crippen LogP contribution in [0.1, 0.15) is 24.5 Å². The first kappa shape index (κ1) is 16.2. The number of hydrogen-bond donors (Lipinski definition) is 1. The Bertz CT molecular complexity index is 507. The predicted octanol–water partition coefficient (Wildman–Crippen LogP) is 2.19. The molecule has 2 unspecified atom stereocenters. The van der Waals surface area contributed by atoms with Gasteiger partial charge in [-0.2, -0.15) is 0 Å². The molecule has 0 bridgehead atoms. The molecule has 2 atom stereocenters. The van der Waals surface area contributed by atoms with Crippen LogP contribution in [0, 0.1) is 5.92 Å². The van der Waals surface area contributed by atoms with Crippen LogP contribution in [0.15, 0.2) is 18.2 Å². The molecule has 1 saturated heterocycles. The molecule has 21 heavy (non-hydrogen) atoms. The Hall–Kier alpha value is -1.17. The van der Waals surface area contributed by atoms with Gasteiger partial charge in [0.1, 0.15) is 10.7 Å². The lowest BCUT2D eigenvalue weighted by atomic mass is 9.95. The van der Waals surface area contributed by atoms with Gasteiger partial charge in [-0.25, -0.2) is 0 Å². The fourth-order valence-corrected chi connectivity index (χ4v) is 3.01. The average molecular weight is 308 g/mol. The standard InChI is InChI=1S/C16H24N2O2S/c1-11-6-7-18(10-15(11)20-3)9-12-4-5-13(16(17)21)14(8-12)19-2/h4-5,8,11,15H,6-7,9-10H2,1-3H3,(H2,17,21). The maximum Gasteiger partial charge on any atom is 0.129 e. The summed E-state index contributed by atoms with van der Waals surface area (Å²) < 4.78 is 11.0. The molecule has 1 heterocycles. The lowest BCUT2D eigenvalue weighted by Crippen LogP contribution is -2.43. The first-order valence-electron chi connectivity index (χ1n) is 7.27. The minimum atomic E-state index is 0.316. The highest BCUT2D eigenvalue weighted by Gasteiger charge is 2.26.